The van der Waals surface area contributed by atoms with Crippen LogP contribution >= 0.6 is 43.2 Å². The van der Waals surface area contributed by atoms with Crippen molar-refractivity contribution in [2.75, 3.05) is 31.1 Å². The Balaban J connectivity index is 1.75. The van der Waals surface area contributed by atoms with Gasteiger partial charge in [0.25, 0.3) is 10.0 Å². The van der Waals surface area contributed by atoms with Crippen LogP contribution in [0.15, 0.2) is 36.7 Å². The van der Waals surface area contributed by atoms with Crippen molar-refractivity contribution in [3.63, 3.8) is 0 Å². The van der Waals surface area contributed by atoms with E-state index >= 15 is 0 Å². The number of nitrogens with zero attached hydrogens (tertiary/aromatic N) is 2. The molecule has 0 atom stereocenters. The van der Waals surface area contributed by atoms with Gasteiger partial charge in [0, 0.05) is 36.3 Å². The molecule has 0 amide bonds. The van der Waals surface area contributed by atoms with E-state index in [0.29, 0.717) is 30.4 Å². The normalized spacial score (nSPS) is 16.6. The second-order valence-corrected chi connectivity index (χ2v) is 11.3. The molecule has 0 N–H and O–H groups in total. The Morgan fingerprint density at radius 3 is 2.25 bits per heavy atom. The van der Waals surface area contributed by atoms with Gasteiger partial charge in [0.15, 0.2) is 0 Å². The third kappa shape index (κ3) is 3.58. The molecule has 130 valence electrons. The Kier molecular flexibility index (Phi) is 5.42. The molecule has 1 aromatic heterocycles. The highest BCUT2D eigenvalue weighted by molar-refractivity contribution is 9.13. The quantitative estimate of drug-likeness (QED) is 0.636. The van der Waals surface area contributed by atoms with E-state index in [9.17, 15) is 8.42 Å². The van der Waals surface area contributed by atoms with Crippen molar-refractivity contribution in [3.05, 3.63) is 43.7 Å². The van der Waals surface area contributed by atoms with E-state index in [2.05, 4.69) is 68.8 Å². The number of rotatable bonds is 3. The lowest BCUT2D eigenvalue weighted by atomic mass is 10.1. The lowest BCUT2D eigenvalue weighted by Crippen LogP contribution is -2.48. The molecular formula is C16H18Br2N2O2S2. The summed E-state index contributed by atoms with van der Waals surface area (Å²) >= 11 is 7.97. The molecule has 1 fully saturated rings. The van der Waals surface area contributed by atoms with Gasteiger partial charge in [-0.15, -0.1) is 11.3 Å². The average molecular weight is 494 g/mol. The van der Waals surface area contributed by atoms with E-state index in [1.54, 1.807) is 10.4 Å². The van der Waals surface area contributed by atoms with E-state index in [-0.39, 0.29) is 0 Å². The molecule has 8 heteroatoms. The summed E-state index contributed by atoms with van der Waals surface area (Å²) in [5.41, 5.74) is 3.67. The van der Waals surface area contributed by atoms with Crippen molar-refractivity contribution in [1.82, 2.24) is 4.31 Å². The van der Waals surface area contributed by atoms with E-state index in [0.717, 1.165) is 8.26 Å². The minimum absolute atomic E-state index is 0.376. The molecule has 3 rings (SSSR count). The molecule has 1 aliphatic rings. The number of hydrogen-bond donors (Lipinski definition) is 0. The number of anilines is 1. The molecule has 24 heavy (non-hydrogen) atoms. The van der Waals surface area contributed by atoms with Gasteiger partial charge in [-0.3, -0.25) is 0 Å². The zero-order valence-corrected chi connectivity index (χ0v) is 18.2. The summed E-state index contributed by atoms with van der Waals surface area (Å²) in [6.07, 6.45) is 0. The van der Waals surface area contributed by atoms with Crippen LogP contribution in [-0.2, 0) is 10.0 Å². The second kappa shape index (κ2) is 7.07. The maximum absolute atomic E-state index is 12.8. The van der Waals surface area contributed by atoms with Crippen molar-refractivity contribution in [2.24, 2.45) is 0 Å². The fourth-order valence-corrected chi connectivity index (χ4v) is 7.31. The first-order valence-electron chi connectivity index (χ1n) is 7.56. The first kappa shape index (κ1) is 18.4. The molecule has 1 aromatic carbocycles. The van der Waals surface area contributed by atoms with Gasteiger partial charge in [0.2, 0.25) is 0 Å². The first-order chi connectivity index (χ1) is 11.3. The van der Waals surface area contributed by atoms with Crippen LogP contribution in [0.4, 0.5) is 5.69 Å². The van der Waals surface area contributed by atoms with Crippen LogP contribution in [0, 0.1) is 13.8 Å². The van der Waals surface area contributed by atoms with Gasteiger partial charge >= 0.3 is 0 Å². The van der Waals surface area contributed by atoms with Gasteiger partial charge in [0.1, 0.15) is 4.21 Å². The SMILES string of the molecule is Cc1ccc(N2CCN(S(=O)(=O)c3cc(Br)c(Br)s3)CC2)c(C)c1. The molecule has 0 spiro atoms. The van der Waals surface area contributed by atoms with Gasteiger partial charge in [-0.1, -0.05) is 17.7 Å². The van der Waals surface area contributed by atoms with Crippen molar-refractivity contribution < 1.29 is 8.42 Å². The standard InChI is InChI=1S/C16H18Br2N2O2S2/c1-11-3-4-14(12(2)9-11)19-5-7-20(8-6-19)24(21,22)15-10-13(17)16(18)23-15/h3-4,9-10H,5-8H2,1-2H3. The molecule has 2 heterocycles. The molecular weight excluding hydrogens is 476 g/mol. The number of sulfonamides is 1. The van der Waals surface area contributed by atoms with Crippen molar-refractivity contribution in [3.8, 4) is 0 Å². The summed E-state index contributed by atoms with van der Waals surface area (Å²) in [4.78, 5) is 2.26. The highest BCUT2D eigenvalue weighted by atomic mass is 79.9. The Bertz CT molecular complexity index is 837. The third-order valence-electron chi connectivity index (χ3n) is 4.15. The predicted molar refractivity (Wildman–Crippen MR) is 107 cm³/mol. The maximum Gasteiger partial charge on any atom is 0.252 e. The molecule has 1 aliphatic heterocycles. The summed E-state index contributed by atoms with van der Waals surface area (Å²) < 4.78 is 29.1. The minimum Gasteiger partial charge on any atom is -0.369 e. The fourth-order valence-electron chi connectivity index (χ4n) is 2.91. The van der Waals surface area contributed by atoms with Gasteiger partial charge in [0.05, 0.1) is 3.79 Å². The number of benzene rings is 1. The monoisotopic (exact) mass is 492 g/mol. The van der Waals surface area contributed by atoms with E-state index in [4.69, 9.17) is 0 Å². The Labute approximate surface area is 163 Å². The predicted octanol–water partition coefficient (Wildman–Crippen LogP) is 4.40. The molecule has 0 saturated carbocycles. The van der Waals surface area contributed by atoms with Crippen molar-refractivity contribution in [2.45, 2.75) is 18.1 Å². The summed E-state index contributed by atoms with van der Waals surface area (Å²) in [6.45, 7) is 6.60. The Hall–Kier alpha value is -0.410. The number of aryl methyl sites for hydroxylation is 2. The molecule has 2 aromatic rings. The van der Waals surface area contributed by atoms with Crippen molar-refractivity contribution >= 4 is 58.9 Å². The number of piperazine rings is 1. The lowest BCUT2D eigenvalue weighted by Gasteiger charge is -2.36. The van der Waals surface area contributed by atoms with Crippen LogP contribution in [0.5, 0.6) is 0 Å². The Morgan fingerprint density at radius 1 is 1.04 bits per heavy atom. The summed E-state index contributed by atoms with van der Waals surface area (Å²) in [5, 5.41) is 0. The van der Waals surface area contributed by atoms with E-state index in [1.807, 2.05) is 0 Å². The van der Waals surface area contributed by atoms with Crippen LogP contribution in [0.3, 0.4) is 0 Å². The summed E-state index contributed by atoms with van der Waals surface area (Å²) in [5.74, 6) is 0. The highest BCUT2D eigenvalue weighted by Gasteiger charge is 2.30. The van der Waals surface area contributed by atoms with E-state index < -0.39 is 10.0 Å². The topological polar surface area (TPSA) is 40.6 Å². The molecule has 1 saturated heterocycles. The molecule has 4 nitrogen and oxygen atoms in total. The van der Waals surface area contributed by atoms with Crippen molar-refractivity contribution in [1.29, 1.82) is 0 Å². The van der Waals surface area contributed by atoms with Crippen LogP contribution in [0.25, 0.3) is 0 Å². The van der Waals surface area contributed by atoms with Crippen LogP contribution < -0.4 is 4.90 Å². The lowest BCUT2D eigenvalue weighted by molar-refractivity contribution is 0.385. The van der Waals surface area contributed by atoms with Gasteiger partial charge in [-0.05, 0) is 63.4 Å². The second-order valence-electron chi connectivity index (χ2n) is 5.87. The van der Waals surface area contributed by atoms with Crippen LogP contribution in [0.1, 0.15) is 11.1 Å². The van der Waals surface area contributed by atoms with Gasteiger partial charge < -0.3 is 4.90 Å². The zero-order chi connectivity index (χ0) is 17.5. The number of hydrogen-bond acceptors (Lipinski definition) is 4. The highest BCUT2D eigenvalue weighted by Crippen LogP contribution is 2.36. The smallest absolute Gasteiger partial charge is 0.252 e. The zero-order valence-electron chi connectivity index (χ0n) is 13.4. The molecule has 0 radical (unpaired) electrons. The molecule has 0 unspecified atom stereocenters. The van der Waals surface area contributed by atoms with Crippen LogP contribution in [-0.4, -0.2) is 38.9 Å². The van der Waals surface area contributed by atoms with Gasteiger partial charge in [-0.25, -0.2) is 8.42 Å². The molecule has 0 aliphatic carbocycles. The van der Waals surface area contributed by atoms with Crippen LogP contribution in [0.2, 0.25) is 0 Å². The minimum atomic E-state index is -3.42. The summed E-state index contributed by atoms with van der Waals surface area (Å²) in [6, 6.07) is 8.06. The number of halogens is 2. The van der Waals surface area contributed by atoms with Gasteiger partial charge in [-0.2, -0.15) is 4.31 Å². The maximum atomic E-state index is 12.8. The largest absolute Gasteiger partial charge is 0.369 e. The average Bonchev–Trinajstić information content (AvgIpc) is 2.88. The number of thiophene rings is 1. The van der Waals surface area contributed by atoms with E-state index in [1.165, 1.54) is 28.2 Å². The third-order valence-corrected chi connectivity index (χ3v) is 9.75. The Morgan fingerprint density at radius 2 is 1.71 bits per heavy atom. The fraction of sp³-hybridized carbons (Fsp3) is 0.375. The summed E-state index contributed by atoms with van der Waals surface area (Å²) in [7, 11) is -3.42. The molecule has 0 bridgehead atoms. The first-order valence-corrected chi connectivity index (χ1v) is 11.4.